The topological polar surface area (TPSA) is 75.9 Å². The van der Waals surface area contributed by atoms with Gasteiger partial charge < -0.3 is 20.3 Å². The van der Waals surface area contributed by atoms with E-state index in [2.05, 4.69) is 4.90 Å². The number of benzene rings is 2. The summed E-state index contributed by atoms with van der Waals surface area (Å²) in [4.78, 5) is 27.8. The Morgan fingerprint density at radius 3 is 2.11 bits per heavy atom. The number of likely N-dealkylation sites (tertiary alicyclic amines) is 2. The van der Waals surface area contributed by atoms with Crippen LogP contribution in [-0.2, 0) is 4.79 Å². The predicted octanol–water partition coefficient (Wildman–Crippen LogP) is 4.81. The molecule has 0 spiro atoms. The second kappa shape index (κ2) is 11.8. The van der Waals surface area contributed by atoms with Crippen LogP contribution < -0.4 is 10.5 Å². The van der Waals surface area contributed by atoms with Crippen molar-refractivity contribution in [1.82, 2.24) is 9.80 Å². The van der Waals surface area contributed by atoms with Gasteiger partial charge in [0.1, 0.15) is 23.1 Å². The molecule has 0 radical (unpaired) electrons. The van der Waals surface area contributed by atoms with E-state index in [9.17, 15) is 22.8 Å². The molecule has 9 heteroatoms. The van der Waals surface area contributed by atoms with E-state index in [-0.39, 0.29) is 34.4 Å². The van der Waals surface area contributed by atoms with E-state index in [1.54, 1.807) is 24.8 Å². The van der Waals surface area contributed by atoms with Crippen molar-refractivity contribution in [3.8, 4) is 16.9 Å². The number of nitrogens with two attached hydrogens (primary N) is 1. The Morgan fingerprint density at radius 2 is 1.55 bits per heavy atom. The lowest BCUT2D eigenvalue weighted by Gasteiger charge is -2.34. The highest BCUT2D eigenvalue weighted by molar-refractivity contribution is 5.95. The molecule has 0 atom stereocenters. The third-order valence-electron chi connectivity index (χ3n) is 7.42. The molecule has 2 amide bonds. The fraction of sp³-hybridized carbons (Fsp3) is 0.517. The van der Waals surface area contributed by atoms with Crippen molar-refractivity contribution >= 4 is 11.8 Å². The number of halogens is 3. The van der Waals surface area contributed by atoms with Gasteiger partial charge in [0.25, 0.3) is 5.91 Å². The van der Waals surface area contributed by atoms with Crippen molar-refractivity contribution < 1.29 is 27.5 Å². The molecule has 2 N–H and O–H groups in total. The molecule has 4 rings (SSSR count). The SMILES string of the molecule is CC(C)(F)CN1CCC(COc2ccc(-c3ccc(C(=O)N4CCC(C(N)=O)CC4)cc3F)c(F)c2)CC1. The van der Waals surface area contributed by atoms with Crippen molar-refractivity contribution in [2.75, 3.05) is 39.3 Å². The molecule has 2 heterocycles. The number of nitrogens with zero attached hydrogens (tertiary/aromatic N) is 2. The molecule has 0 aliphatic carbocycles. The number of alkyl halides is 1. The van der Waals surface area contributed by atoms with Gasteiger partial charge in [-0.2, -0.15) is 0 Å². The fourth-order valence-corrected chi connectivity index (χ4v) is 5.28. The lowest BCUT2D eigenvalue weighted by molar-refractivity contribution is -0.123. The first kappa shape index (κ1) is 28.0. The lowest BCUT2D eigenvalue weighted by Crippen LogP contribution is -2.41. The molecule has 6 nitrogen and oxygen atoms in total. The monoisotopic (exact) mass is 531 g/mol. The summed E-state index contributed by atoms with van der Waals surface area (Å²) in [6, 6.07) is 8.35. The van der Waals surface area contributed by atoms with Crippen molar-refractivity contribution in [3.63, 3.8) is 0 Å². The molecule has 2 aliphatic heterocycles. The van der Waals surface area contributed by atoms with E-state index in [4.69, 9.17) is 10.5 Å². The van der Waals surface area contributed by atoms with Gasteiger partial charge in [0, 0.05) is 48.3 Å². The third-order valence-corrected chi connectivity index (χ3v) is 7.42. The van der Waals surface area contributed by atoms with Gasteiger partial charge in [-0.15, -0.1) is 0 Å². The summed E-state index contributed by atoms with van der Waals surface area (Å²) < 4.78 is 49.6. The van der Waals surface area contributed by atoms with Gasteiger partial charge >= 0.3 is 0 Å². The summed E-state index contributed by atoms with van der Waals surface area (Å²) in [6.07, 6.45) is 2.74. The number of amides is 2. The molecule has 0 bridgehead atoms. The maximum atomic E-state index is 15.0. The number of rotatable bonds is 8. The van der Waals surface area contributed by atoms with Crippen molar-refractivity contribution in [3.05, 3.63) is 53.6 Å². The summed E-state index contributed by atoms with van der Waals surface area (Å²) in [5.74, 6) is -1.59. The van der Waals surface area contributed by atoms with Crippen LogP contribution in [0, 0.1) is 23.5 Å². The predicted molar refractivity (Wildman–Crippen MR) is 139 cm³/mol. The molecule has 2 aromatic rings. The van der Waals surface area contributed by atoms with E-state index in [0.717, 1.165) is 32.0 Å². The van der Waals surface area contributed by atoms with E-state index in [1.807, 2.05) is 0 Å². The molecule has 38 heavy (non-hydrogen) atoms. The Labute approximate surface area is 221 Å². The number of carbonyl (C=O) groups excluding carboxylic acids is 2. The maximum Gasteiger partial charge on any atom is 0.253 e. The maximum absolute atomic E-state index is 15.0. The van der Waals surface area contributed by atoms with Crippen LogP contribution in [0.2, 0.25) is 0 Å². The Morgan fingerprint density at radius 1 is 0.947 bits per heavy atom. The van der Waals surface area contributed by atoms with E-state index < -0.39 is 17.3 Å². The van der Waals surface area contributed by atoms with Crippen molar-refractivity contribution in [1.29, 1.82) is 0 Å². The van der Waals surface area contributed by atoms with Gasteiger partial charge in [0.15, 0.2) is 0 Å². The first-order chi connectivity index (χ1) is 18.0. The van der Waals surface area contributed by atoms with Crippen LogP contribution in [0.15, 0.2) is 36.4 Å². The number of hydrogen-bond donors (Lipinski definition) is 1. The van der Waals surface area contributed by atoms with Gasteiger partial charge in [0.05, 0.1) is 6.61 Å². The molecule has 2 saturated heterocycles. The first-order valence-electron chi connectivity index (χ1n) is 13.2. The van der Waals surface area contributed by atoms with Gasteiger partial charge in [0.2, 0.25) is 5.91 Å². The van der Waals surface area contributed by atoms with Gasteiger partial charge in [-0.3, -0.25) is 9.59 Å². The molecular formula is C29H36F3N3O3. The second-order valence-corrected chi connectivity index (χ2v) is 11.1. The number of ether oxygens (including phenoxy) is 1. The lowest BCUT2D eigenvalue weighted by atomic mass is 9.95. The van der Waals surface area contributed by atoms with Crippen LogP contribution in [0.25, 0.3) is 11.1 Å². The quantitative estimate of drug-likeness (QED) is 0.531. The summed E-state index contributed by atoms with van der Waals surface area (Å²) in [5.41, 5.74) is 4.43. The van der Waals surface area contributed by atoms with E-state index in [1.165, 1.54) is 24.3 Å². The van der Waals surface area contributed by atoms with Crippen LogP contribution in [0.5, 0.6) is 5.75 Å². The molecule has 0 unspecified atom stereocenters. The zero-order chi connectivity index (χ0) is 27.4. The Balaban J connectivity index is 1.33. The Bertz CT molecular complexity index is 1150. The normalized spacial score (nSPS) is 18.0. The zero-order valence-corrected chi connectivity index (χ0v) is 22.0. The highest BCUT2D eigenvalue weighted by Gasteiger charge is 2.28. The molecule has 2 fully saturated rings. The highest BCUT2D eigenvalue weighted by atomic mass is 19.1. The summed E-state index contributed by atoms with van der Waals surface area (Å²) >= 11 is 0. The third kappa shape index (κ3) is 7.07. The average Bonchev–Trinajstić information content (AvgIpc) is 2.87. The summed E-state index contributed by atoms with van der Waals surface area (Å²) in [5, 5.41) is 0. The van der Waals surface area contributed by atoms with Crippen LogP contribution >= 0.6 is 0 Å². The molecule has 206 valence electrons. The van der Waals surface area contributed by atoms with Crippen LogP contribution in [-0.4, -0.2) is 66.6 Å². The van der Waals surface area contributed by atoms with Crippen molar-refractivity contribution in [2.24, 2.45) is 17.6 Å². The molecule has 2 aromatic carbocycles. The summed E-state index contributed by atoms with van der Waals surface area (Å²) in [7, 11) is 0. The molecule has 0 aromatic heterocycles. The van der Waals surface area contributed by atoms with E-state index >= 15 is 0 Å². The number of hydrogen-bond acceptors (Lipinski definition) is 4. The minimum Gasteiger partial charge on any atom is -0.493 e. The first-order valence-corrected chi connectivity index (χ1v) is 13.2. The van der Waals surface area contributed by atoms with Crippen molar-refractivity contribution in [2.45, 2.75) is 45.2 Å². The number of carbonyl (C=O) groups is 2. The molecule has 0 saturated carbocycles. The van der Waals surface area contributed by atoms with Crippen LogP contribution in [0.4, 0.5) is 13.2 Å². The largest absolute Gasteiger partial charge is 0.493 e. The van der Waals surface area contributed by atoms with E-state index in [0.29, 0.717) is 50.8 Å². The van der Waals surface area contributed by atoms with Gasteiger partial charge in [-0.05, 0) is 82.8 Å². The molecular weight excluding hydrogens is 495 g/mol. The van der Waals surface area contributed by atoms with Gasteiger partial charge in [-0.25, -0.2) is 13.2 Å². The summed E-state index contributed by atoms with van der Waals surface area (Å²) in [6.45, 7) is 6.37. The Hall–Kier alpha value is -3.07. The van der Waals surface area contributed by atoms with Crippen LogP contribution in [0.3, 0.4) is 0 Å². The number of piperidine rings is 2. The fourth-order valence-electron chi connectivity index (χ4n) is 5.28. The number of primary amides is 1. The molecule has 2 aliphatic rings. The van der Waals surface area contributed by atoms with Gasteiger partial charge in [-0.1, -0.05) is 6.07 Å². The standard InChI is InChI=1S/C29H36F3N3O3/c1-29(2,32)18-34-11-7-19(8-12-34)17-38-22-4-6-24(26(31)16-22)23-5-3-21(15-25(23)30)28(37)35-13-9-20(10-14-35)27(33)36/h3-6,15-16,19-20H,7-14,17-18H2,1-2H3,(H2,33,36). The Kier molecular flexibility index (Phi) is 8.65. The second-order valence-electron chi connectivity index (χ2n) is 11.1. The minimum absolute atomic E-state index is 0.0567. The minimum atomic E-state index is -1.22. The van der Waals surface area contributed by atoms with Crippen LogP contribution in [0.1, 0.15) is 49.9 Å². The smallest absolute Gasteiger partial charge is 0.253 e. The zero-order valence-electron chi connectivity index (χ0n) is 22.0. The average molecular weight is 532 g/mol. The highest BCUT2D eigenvalue weighted by Crippen LogP contribution is 2.30.